The fourth-order valence-corrected chi connectivity index (χ4v) is 3.10. The van der Waals surface area contributed by atoms with Crippen LogP contribution in [0, 0.1) is 0 Å². The largest absolute Gasteiger partial charge is 0.379 e. The van der Waals surface area contributed by atoms with Crippen molar-refractivity contribution in [1.29, 1.82) is 0 Å². The average molecular weight is 333 g/mol. The molecule has 1 aromatic carbocycles. The Labute approximate surface area is 142 Å². The zero-order chi connectivity index (χ0) is 16.9. The van der Waals surface area contributed by atoms with Crippen LogP contribution < -0.4 is 5.32 Å². The summed E-state index contributed by atoms with van der Waals surface area (Å²) in [4.78, 5) is 16.1. The van der Waals surface area contributed by atoms with Gasteiger partial charge in [-0.2, -0.15) is 0 Å². The van der Waals surface area contributed by atoms with Crippen LogP contribution >= 0.6 is 0 Å². The van der Waals surface area contributed by atoms with Crippen LogP contribution in [0.4, 0.5) is 14.9 Å². The maximum atomic E-state index is 13.3. The highest BCUT2D eigenvalue weighted by Crippen LogP contribution is 2.23. The third kappa shape index (κ3) is 4.13. The number of ether oxygens (including phenoxy) is 1. The van der Waals surface area contributed by atoms with Crippen molar-refractivity contribution in [2.75, 3.05) is 44.7 Å². The van der Waals surface area contributed by atoms with Crippen molar-refractivity contribution in [3.05, 3.63) is 41.7 Å². The van der Waals surface area contributed by atoms with Crippen LogP contribution in [0.25, 0.3) is 0 Å². The standard InChI is InChI=1S/C18H24FN3O2/c1-14(21-9-11-24-12-10-21)15-4-6-17(7-5-15)20-18(23)22-8-2-3-16(19)13-22/h3-7,14H,2,8-13H2,1H3,(H,20,23)/t14-/m1/s1. The van der Waals surface area contributed by atoms with E-state index in [0.717, 1.165) is 32.0 Å². The van der Waals surface area contributed by atoms with Gasteiger partial charge >= 0.3 is 6.03 Å². The van der Waals surface area contributed by atoms with Gasteiger partial charge in [0, 0.05) is 31.4 Å². The lowest BCUT2D eigenvalue weighted by Crippen LogP contribution is -2.38. The fourth-order valence-electron chi connectivity index (χ4n) is 3.10. The van der Waals surface area contributed by atoms with E-state index in [1.165, 1.54) is 16.5 Å². The second-order valence-electron chi connectivity index (χ2n) is 6.24. The van der Waals surface area contributed by atoms with Crippen molar-refractivity contribution in [3.63, 3.8) is 0 Å². The predicted molar refractivity (Wildman–Crippen MR) is 91.6 cm³/mol. The Morgan fingerprint density at radius 2 is 1.92 bits per heavy atom. The zero-order valence-electron chi connectivity index (χ0n) is 14.0. The van der Waals surface area contributed by atoms with Crippen LogP contribution in [0.1, 0.15) is 24.9 Å². The Hall–Kier alpha value is -1.92. The molecule has 2 amide bonds. The number of carbonyl (C=O) groups is 1. The smallest absolute Gasteiger partial charge is 0.322 e. The van der Waals surface area contributed by atoms with Crippen molar-refractivity contribution in [1.82, 2.24) is 9.80 Å². The molecular formula is C18H24FN3O2. The number of morpholine rings is 1. The van der Waals surface area contributed by atoms with E-state index < -0.39 is 0 Å². The van der Waals surface area contributed by atoms with Crippen molar-refractivity contribution >= 4 is 11.7 Å². The summed E-state index contributed by atoms with van der Waals surface area (Å²) in [7, 11) is 0. The first-order valence-corrected chi connectivity index (χ1v) is 8.46. The molecule has 0 bridgehead atoms. The number of benzene rings is 1. The molecule has 130 valence electrons. The molecule has 0 spiro atoms. The molecule has 0 radical (unpaired) electrons. The lowest BCUT2D eigenvalue weighted by atomic mass is 10.1. The molecule has 0 aliphatic carbocycles. The van der Waals surface area contributed by atoms with E-state index in [9.17, 15) is 9.18 Å². The van der Waals surface area contributed by atoms with Crippen molar-refractivity contribution in [2.45, 2.75) is 19.4 Å². The van der Waals surface area contributed by atoms with Gasteiger partial charge in [0.05, 0.1) is 19.8 Å². The fraction of sp³-hybridized carbons (Fsp3) is 0.500. The molecule has 2 aliphatic heterocycles. The summed E-state index contributed by atoms with van der Waals surface area (Å²) in [6.07, 6.45) is 2.10. The van der Waals surface area contributed by atoms with Crippen LogP contribution in [0.5, 0.6) is 0 Å². The number of carbonyl (C=O) groups excluding carboxylic acids is 1. The van der Waals surface area contributed by atoms with Gasteiger partial charge in [-0.05, 0) is 37.1 Å². The van der Waals surface area contributed by atoms with E-state index in [1.807, 2.05) is 24.3 Å². The van der Waals surface area contributed by atoms with Crippen molar-refractivity contribution < 1.29 is 13.9 Å². The lowest BCUT2D eigenvalue weighted by molar-refractivity contribution is 0.0198. The van der Waals surface area contributed by atoms with Crippen LogP contribution in [-0.2, 0) is 4.74 Å². The number of hydrogen-bond donors (Lipinski definition) is 1. The topological polar surface area (TPSA) is 44.8 Å². The summed E-state index contributed by atoms with van der Waals surface area (Å²) in [6, 6.07) is 7.94. The summed E-state index contributed by atoms with van der Waals surface area (Å²) in [6.45, 7) is 6.21. The highest BCUT2D eigenvalue weighted by atomic mass is 19.1. The molecule has 24 heavy (non-hydrogen) atoms. The number of hydrogen-bond acceptors (Lipinski definition) is 3. The highest BCUT2D eigenvalue weighted by Gasteiger charge is 2.20. The lowest BCUT2D eigenvalue weighted by Gasteiger charge is -2.32. The molecule has 3 rings (SSSR count). The molecule has 2 aliphatic rings. The number of anilines is 1. The molecule has 0 aromatic heterocycles. The van der Waals surface area contributed by atoms with E-state index in [0.29, 0.717) is 19.0 Å². The number of amides is 2. The van der Waals surface area contributed by atoms with Crippen molar-refractivity contribution in [3.8, 4) is 0 Å². The minimum Gasteiger partial charge on any atom is -0.379 e. The molecule has 2 heterocycles. The van der Waals surface area contributed by atoms with Gasteiger partial charge in [0.15, 0.2) is 0 Å². The van der Waals surface area contributed by atoms with Crippen molar-refractivity contribution in [2.24, 2.45) is 0 Å². The molecule has 6 heteroatoms. The van der Waals surface area contributed by atoms with Crippen LogP contribution in [0.15, 0.2) is 36.2 Å². The first-order valence-electron chi connectivity index (χ1n) is 8.46. The second-order valence-corrected chi connectivity index (χ2v) is 6.24. The zero-order valence-corrected chi connectivity index (χ0v) is 14.0. The van der Waals surface area contributed by atoms with Gasteiger partial charge < -0.3 is 15.0 Å². The summed E-state index contributed by atoms with van der Waals surface area (Å²) >= 11 is 0. The Morgan fingerprint density at radius 3 is 2.58 bits per heavy atom. The summed E-state index contributed by atoms with van der Waals surface area (Å²) in [5, 5.41) is 2.84. The van der Waals surface area contributed by atoms with Crippen LogP contribution in [0.2, 0.25) is 0 Å². The molecule has 1 fully saturated rings. The van der Waals surface area contributed by atoms with Gasteiger partial charge in [-0.1, -0.05) is 12.1 Å². The molecular weight excluding hydrogens is 309 g/mol. The first-order chi connectivity index (χ1) is 11.6. The Morgan fingerprint density at radius 1 is 1.21 bits per heavy atom. The van der Waals surface area contributed by atoms with E-state index in [-0.39, 0.29) is 18.4 Å². The maximum absolute atomic E-state index is 13.3. The quantitative estimate of drug-likeness (QED) is 0.924. The molecule has 1 aromatic rings. The summed E-state index contributed by atoms with van der Waals surface area (Å²) in [5.41, 5.74) is 1.94. The number of urea groups is 1. The molecule has 1 atom stereocenters. The Kier molecular flexibility index (Phi) is 5.48. The Bertz CT molecular complexity index is 597. The van der Waals surface area contributed by atoms with Crippen LogP contribution in [0.3, 0.4) is 0 Å². The number of nitrogens with one attached hydrogen (secondary N) is 1. The van der Waals surface area contributed by atoms with Gasteiger partial charge in [0.1, 0.15) is 5.83 Å². The minimum absolute atomic E-state index is 0.0536. The predicted octanol–water partition coefficient (Wildman–Crippen LogP) is 3.17. The minimum atomic E-state index is -0.257. The van der Waals surface area contributed by atoms with E-state index in [1.54, 1.807) is 0 Å². The van der Waals surface area contributed by atoms with Crippen LogP contribution in [-0.4, -0.2) is 55.2 Å². The van der Waals surface area contributed by atoms with Gasteiger partial charge in [0.2, 0.25) is 0 Å². The Balaban J connectivity index is 1.58. The monoisotopic (exact) mass is 333 g/mol. The molecule has 0 unspecified atom stereocenters. The number of nitrogens with zero attached hydrogens (tertiary/aromatic N) is 2. The average Bonchev–Trinajstić information content (AvgIpc) is 2.62. The van der Waals surface area contributed by atoms with E-state index >= 15 is 0 Å². The van der Waals surface area contributed by atoms with E-state index in [2.05, 4.69) is 17.1 Å². The summed E-state index contributed by atoms with van der Waals surface area (Å²) < 4.78 is 18.7. The third-order valence-electron chi connectivity index (χ3n) is 4.63. The molecule has 1 saturated heterocycles. The first kappa shape index (κ1) is 16.9. The third-order valence-corrected chi connectivity index (χ3v) is 4.63. The molecule has 5 nitrogen and oxygen atoms in total. The van der Waals surface area contributed by atoms with Gasteiger partial charge in [-0.25, -0.2) is 9.18 Å². The normalized spacial score (nSPS) is 20.4. The molecule has 1 N–H and O–H groups in total. The van der Waals surface area contributed by atoms with Gasteiger partial charge in [-0.15, -0.1) is 0 Å². The highest BCUT2D eigenvalue weighted by molar-refractivity contribution is 5.89. The SMILES string of the molecule is C[C@H](c1ccc(NC(=O)N2CCC=C(F)C2)cc1)N1CCOCC1. The number of halogens is 1. The summed E-state index contributed by atoms with van der Waals surface area (Å²) in [5.74, 6) is -0.244. The second kappa shape index (κ2) is 7.77. The van der Waals surface area contributed by atoms with Gasteiger partial charge in [0.25, 0.3) is 0 Å². The van der Waals surface area contributed by atoms with E-state index in [4.69, 9.17) is 4.74 Å². The molecule has 0 saturated carbocycles. The number of rotatable bonds is 3. The maximum Gasteiger partial charge on any atom is 0.322 e. The van der Waals surface area contributed by atoms with Gasteiger partial charge in [-0.3, -0.25) is 4.90 Å².